The summed E-state index contributed by atoms with van der Waals surface area (Å²) >= 11 is 0. The van der Waals surface area contributed by atoms with Gasteiger partial charge in [-0.25, -0.2) is 4.98 Å². The summed E-state index contributed by atoms with van der Waals surface area (Å²) in [6.07, 6.45) is 0. The van der Waals surface area contributed by atoms with E-state index in [0.717, 1.165) is 16.6 Å². The molecular weight excluding hydrogens is 300 g/mol. The van der Waals surface area contributed by atoms with Crippen molar-refractivity contribution in [3.63, 3.8) is 0 Å². The van der Waals surface area contributed by atoms with Gasteiger partial charge >= 0.3 is 0 Å². The first-order valence-electron chi connectivity index (χ1n) is 7.93. The van der Waals surface area contributed by atoms with E-state index >= 15 is 0 Å². The van der Waals surface area contributed by atoms with Gasteiger partial charge in [-0.1, -0.05) is 42.5 Å². The number of hydrogen-bond acceptors (Lipinski definition) is 3. The van der Waals surface area contributed by atoms with Crippen molar-refractivity contribution in [1.29, 1.82) is 5.41 Å². The highest BCUT2D eigenvalue weighted by Crippen LogP contribution is 2.32. The van der Waals surface area contributed by atoms with E-state index in [1.54, 1.807) is 0 Å². The normalized spacial score (nSPS) is 16.2. The van der Waals surface area contributed by atoms with Gasteiger partial charge in [0.1, 0.15) is 17.4 Å². The summed E-state index contributed by atoms with van der Waals surface area (Å²) in [7, 11) is 0. The number of hydrogen-bond donors (Lipinski definition) is 3. The van der Waals surface area contributed by atoms with E-state index in [4.69, 9.17) is 5.41 Å². The molecule has 0 radical (unpaired) electrons. The standard InChI is InChI=1S/C19H18N4O/c1-12(13-7-3-2-4-8-13)23-11-16(24)17(18(23)20)19-21-14-9-5-6-10-15(14)22-19/h2-10,12,20,24H,11H2,1H3,(H,21,22)/t12-/m1/s1. The number of fused-ring (bicyclic) bond motifs is 1. The topological polar surface area (TPSA) is 76.0 Å². The molecule has 3 N–H and O–H groups in total. The Morgan fingerprint density at radius 2 is 1.83 bits per heavy atom. The van der Waals surface area contributed by atoms with Gasteiger partial charge in [-0.15, -0.1) is 0 Å². The number of aliphatic hydroxyl groups is 1. The van der Waals surface area contributed by atoms with Crippen LogP contribution < -0.4 is 0 Å². The molecule has 5 heteroatoms. The number of H-pyrrole nitrogens is 1. The van der Waals surface area contributed by atoms with Crippen LogP contribution in [0.3, 0.4) is 0 Å². The Balaban J connectivity index is 1.68. The van der Waals surface area contributed by atoms with Gasteiger partial charge in [0.2, 0.25) is 0 Å². The summed E-state index contributed by atoms with van der Waals surface area (Å²) in [5, 5.41) is 19.0. The lowest BCUT2D eigenvalue weighted by Gasteiger charge is -2.26. The predicted molar refractivity (Wildman–Crippen MR) is 94.9 cm³/mol. The smallest absolute Gasteiger partial charge is 0.145 e. The van der Waals surface area contributed by atoms with Gasteiger partial charge in [0.05, 0.1) is 29.2 Å². The molecule has 0 fully saturated rings. The van der Waals surface area contributed by atoms with Crippen molar-refractivity contribution in [1.82, 2.24) is 14.9 Å². The minimum absolute atomic E-state index is 0.00253. The highest BCUT2D eigenvalue weighted by molar-refractivity contribution is 6.23. The van der Waals surface area contributed by atoms with Crippen LogP contribution in [0.15, 0.2) is 60.4 Å². The number of imidazole rings is 1. The Morgan fingerprint density at radius 1 is 1.12 bits per heavy atom. The van der Waals surface area contributed by atoms with Crippen molar-refractivity contribution in [2.45, 2.75) is 13.0 Å². The number of aliphatic hydroxyl groups excluding tert-OH is 1. The lowest BCUT2D eigenvalue weighted by atomic mass is 10.1. The highest BCUT2D eigenvalue weighted by Gasteiger charge is 2.33. The number of aromatic nitrogens is 2. The third kappa shape index (κ3) is 2.25. The quantitative estimate of drug-likeness (QED) is 0.686. The third-order valence-electron chi connectivity index (χ3n) is 4.51. The fourth-order valence-corrected chi connectivity index (χ4v) is 3.16. The maximum atomic E-state index is 10.4. The van der Waals surface area contributed by atoms with Crippen LogP contribution in [0.4, 0.5) is 0 Å². The molecule has 0 spiro atoms. The zero-order valence-electron chi connectivity index (χ0n) is 13.3. The summed E-state index contributed by atoms with van der Waals surface area (Å²) in [6.45, 7) is 2.36. The minimum atomic E-state index is 0.00253. The molecule has 0 saturated heterocycles. The summed E-state index contributed by atoms with van der Waals surface area (Å²) in [5.41, 5.74) is 3.32. The number of benzene rings is 2. The van der Waals surface area contributed by atoms with Crippen molar-refractivity contribution >= 4 is 22.4 Å². The van der Waals surface area contributed by atoms with E-state index in [1.165, 1.54) is 0 Å². The van der Waals surface area contributed by atoms with Crippen LogP contribution in [0.1, 0.15) is 24.4 Å². The van der Waals surface area contributed by atoms with Gasteiger partial charge in [-0.2, -0.15) is 0 Å². The van der Waals surface area contributed by atoms with Crippen molar-refractivity contribution in [3.05, 3.63) is 71.7 Å². The van der Waals surface area contributed by atoms with Crippen LogP contribution in [0.2, 0.25) is 0 Å². The van der Waals surface area contributed by atoms with Crippen LogP contribution in [0.25, 0.3) is 16.6 Å². The Bertz CT molecular complexity index is 909. The molecular formula is C19H18N4O. The molecule has 0 bridgehead atoms. The Morgan fingerprint density at radius 3 is 2.58 bits per heavy atom. The fraction of sp³-hybridized carbons (Fsp3) is 0.158. The zero-order chi connectivity index (χ0) is 16.7. The van der Waals surface area contributed by atoms with Crippen molar-refractivity contribution in [2.24, 2.45) is 0 Å². The average Bonchev–Trinajstić information content (AvgIpc) is 3.15. The molecule has 2 heterocycles. The van der Waals surface area contributed by atoms with E-state index in [2.05, 4.69) is 9.97 Å². The van der Waals surface area contributed by atoms with Crippen molar-refractivity contribution in [3.8, 4) is 0 Å². The van der Waals surface area contributed by atoms with Crippen molar-refractivity contribution < 1.29 is 5.11 Å². The van der Waals surface area contributed by atoms with Gasteiger partial charge in [-0.05, 0) is 24.6 Å². The first kappa shape index (κ1) is 14.5. The summed E-state index contributed by atoms with van der Waals surface area (Å²) in [6, 6.07) is 17.7. The number of nitrogens with zero attached hydrogens (tertiary/aromatic N) is 2. The predicted octanol–water partition coefficient (Wildman–Crippen LogP) is 3.89. The molecule has 24 heavy (non-hydrogen) atoms. The molecule has 3 aromatic rings. The van der Waals surface area contributed by atoms with E-state index in [0.29, 0.717) is 23.8 Å². The van der Waals surface area contributed by atoms with Crippen LogP contribution in [0.5, 0.6) is 0 Å². The van der Waals surface area contributed by atoms with E-state index < -0.39 is 0 Å². The van der Waals surface area contributed by atoms with Crippen LogP contribution in [-0.2, 0) is 0 Å². The second-order valence-electron chi connectivity index (χ2n) is 5.99. The SMILES string of the molecule is C[C@H](c1ccccc1)N1CC(O)=C(c2nc3ccccc3[nH]2)C1=N. The average molecular weight is 318 g/mol. The van der Waals surface area contributed by atoms with Gasteiger partial charge < -0.3 is 15.0 Å². The Labute approximate surface area is 139 Å². The molecule has 2 aromatic carbocycles. The molecule has 5 nitrogen and oxygen atoms in total. The largest absolute Gasteiger partial charge is 0.510 e. The van der Waals surface area contributed by atoms with Crippen LogP contribution >= 0.6 is 0 Å². The minimum Gasteiger partial charge on any atom is -0.510 e. The number of aromatic amines is 1. The number of rotatable bonds is 3. The molecule has 4 rings (SSSR count). The molecule has 120 valence electrons. The second-order valence-corrected chi connectivity index (χ2v) is 5.99. The second kappa shape index (κ2) is 5.53. The van der Waals surface area contributed by atoms with Gasteiger partial charge in [0.25, 0.3) is 0 Å². The Hall–Kier alpha value is -3.08. The zero-order valence-corrected chi connectivity index (χ0v) is 13.3. The molecule has 1 atom stereocenters. The molecule has 1 aromatic heterocycles. The van der Waals surface area contributed by atoms with Gasteiger partial charge in [0, 0.05) is 0 Å². The fourth-order valence-electron chi connectivity index (χ4n) is 3.16. The maximum Gasteiger partial charge on any atom is 0.145 e. The van der Waals surface area contributed by atoms with Gasteiger partial charge in [-0.3, -0.25) is 5.41 Å². The monoisotopic (exact) mass is 318 g/mol. The van der Waals surface area contributed by atoms with E-state index in [1.807, 2.05) is 66.4 Å². The first-order chi connectivity index (χ1) is 11.6. The van der Waals surface area contributed by atoms with Crippen molar-refractivity contribution in [2.75, 3.05) is 6.54 Å². The lowest BCUT2D eigenvalue weighted by Crippen LogP contribution is -2.29. The lowest BCUT2D eigenvalue weighted by molar-refractivity contribution is 0.310. The number of amidine groups is 1. The molecule has 1 aliphatic rings. The summed E-state index contributed by atoms with van der Waals surface area (Å²) in [4.78, 5) is 9.60. The first-order valence-corrected chi connectivity index (χ1v) is 7.93. The third-order valence-corrected chi connectivity index (χ3v) is 4.51. The summed E-state index contributed by atoms with van der Waals surface area (Å²) in [5.74, 6) is 1.02. The summed E-state index contributed by atoms with van der Waals surface area (Å²) < 4.78 is 0. The molecule has 0 unspecified atom stereocenters. The molecule has 0 amide bonds. The van der Waals surface area contributed by atoms with Gasteiger partial charge in [0.15, 0.2) is 0 Å². The molecule has 1 aliphatic heterocycles. The van der Waals surface area contributed by atoms with Crippen LogP contribution in [-0.4, -0.2) is 32.4 Å². The highest BCUT2D eigenvalue weighted by atomic mass is 16.3. The number of para-hydroxylation sites is 2. The number of nitrogens with one attached hydrogen (secondary N) is 2. The Kier molecular flexibility index (Phi) is 3.34. The molecule has 0 aliphatic carbocycles. The van der Waals surface area contributed by atoms with Crippen LogP contribution in [0, 0.1) is 5.41 Å². The van der Waals surface area contributed by atoms with E-state index in [9.17, 15) is 5.11 Å². The molecule has 0 saturated carbocycles. The maximum absolute atomic E-state index is 10.4. The van der Waals surface area contributed by atoms with E-state index in [-0.39, 0.29) is 11.8 Å².